The van der Waals surface area contributed by atoms with Crippen molar-refractivity contribution < 1.29 is 0 Å². The Morgan fingerprint density at radius 2 is 2.00 bits per heavy atom. The fraction of sp³-hybridized carbons (Fsp3) is 1.00. The Morgan fingerprint density at radius 1 is 1.21 bits per heavy atom. The zero-order chi connectivity index (χ0) is 13.8. The third-order valence-electron chi connectivity index (χ3n) is 5.06. The van der Waals surface area contributed by atoms with Crippen LogP contribution in [0.25, 0.3) is 0 Å². The van der Waals surface area contributed by atoms with Crippen molar-refractivity contribution in [3.05, 3.63) is 0 Å². The molecule has 3 atom stereocenters. The number of nitrogens with zero attached hydrogens (tertiary/aromatic N) is 2. The van der Waals surface area contributed by atoms with Gasteiger partial charge in [0.25, 0.3) is 0 Å². The normalized spacial score (nSPS) is 34.9. The number of nitrogens with one attached hydrogen (secondary N) is 1. The highest BCUT2D eigenvalue weighted by molar-refractivity contribution is 4.86. The summed E-state index contributed by atoms with van der Waals surface area (Å²) in [7, 11) is 2.27. The molecular formula is C16H33N3. The van der Waals surface area contributed by atoms with E-state index in [1.165, 1.54) is 51.9 Å². The summed E-state index contributed by atoms with van der Waals surface area (Å²) >= 11 is 0. The summed E-state index contributed by atoms with van der Waals surface area (Å²) in [5.74, 6) is 0.867. The fourth-order valence-electron chi connectivity index (χ4n) is 3.59. The van der Waals surface area contributed by atoms with Crippen LogP contribution in [0.2, 0.25) is 0 Å². The molecule has 3 nitrogen and oxygen atoms in total. The van der Waals surface area contributed by atoms with Gasteiger partial charge in [-0.3, -0.25) is 4.90 Å². The van der Waals surface area contributed by atoms with Crippen molar-refractivity contribution in [2.75, 3.05) is 33.2 Å². The second kappa shape index (κ2) is 7.05. The lowest BCUT2D eigenvalue weighted by Gasteiger charge is -2.44. The van der Waals surface area contributed by atoms with Crippen LogP contribution in [-0.2, 0) is 0 Å². The average molecular weight is 267 g/mol. The highest BCUT2D eigenvalue weighted by Gasteiger charge is 2.30. The molecular weight excluding hydrogens is 234 g/mol. The molecule has 0 radical (unpaired) electrons. The first-order valence-electron chi connectivity index (χ1n) is 8.24. The fourth-order valence-corrected chi connectivity index (χ4v) is 3.59. The Kier molecular flexibility index (Phi) is 5.67. The van der Waals surface area contributed by atoms with Crippen LogP contribution in [0.3, 0.4) is 0 Å². The Hall–Kier alpha value is -0.120. The Morgan fingerprint density at radius 3 is 2.68 bits per heavy atom. The van der Waals surface area contributed by atoms with E-state index >= 15 is 0 Å². The monoisotopic (exact) mass is 267 g/mol. The Labute approximate surface area is 119 Å². The number of rotatable bonds is 4. The van der Waals surface area contributed by atoms with Gasteiger partial charge in [-0.15, -0.1) is 0 Å². The lowest BCUT2D eigenvalue weighted by Crippen LogP contribution is -2.51. The van der Waals surface area contributed by atoms with Gasteiger partial charge in [-0.05, 0) is 65.2 Å². The van der Waals surface area contributed by atoms with E-state index in [1.54, 1.807) is 0 Å². The van der Waals surface area contributed by atoms with Crippen molar-refractivity contribution >= 4 is 0 Å². The van der Waals surface area contributed by atoms with Crippen molar-refractivity contribution in [2.24, 2.45) is 5.92 Å². The second-order valence-electron chi connectivity index (χ2n) is 7.07. The number of hydrogen-bond donors (Lipinski definition) is 1. The van der Waals surface area contributed by atoms with Crippen LogP contribution in [0.4, 0.5) is 0 Å². The molecule has 0 spiro atoms. The van der Waals surface area contributed by atoms with Crippen molar-refractivity contribution in [3.8, 4) is 0 Å². The number of hydrogen-bond acceptors (Lipinski definition) is 3. The molecule has 0 saturated carbocycles. The lowest BCUT2D eigenvalue weighted by atomic mass is 9.91. The molecule has 3 heteroatoms. The zero-order valence-electron chi connectivity index (χ0n) is 13.4. The molecule has 0 aliphatic carbocycles. The summed E-state index contributed by atoms with van der Waals surface area (Å²) in [6.07, 6.45) is 5.54. The molecule has 0 aromatic carbocycles. The van der Waals surface area contributed by atoms with E-state index in [1.807, 2.05) is 0 Å². The summed E-state index contributed by atoms with van der Waals surface area (Å²) in [6, 6.07) is 2.22. The third-order valence-corrected chi connectivity index (χ3v) is 5.06. The van der Waals surface area contributed by atoms with Gasteiger partial charge in [-0.2, -0.15) is 0 Å². The zero-order valence-corrected chi connectivity index (χ0v) is 13.4. The maximum Gasteiger partial charge on any atom is 0.0122 e. The van der Waals surface area contributed by atoms with Gasteiger partial charge in [0.1, 0.15) is 0 Å². The molecule has 0 bridgehead atoms. The van der Waals surface area contributed by atoms with Crippen molar-refractivity contribution in [3.63, 3.8) is 0 Å². The predicted molar refractivity (Wildman–Crippen MR) is 82.5 cm³/mol. The van der Waals surface area contributed by atoms with E-state index in [2.05, 4.69) is 42.9 Å². The number of piperidine rings is 2. The van der Waals surface area contributed by atoms with E-state index in [-0.39, 0.29) is 0 Å². The van der Waals surface area contributed by atoms with Gasteiger partial charge in [0, 0.05) is 24.7 Å². The highest BCUT2D eigenvalue weighted by atomic mass is 15.2. The van der Waals surface area contributed by atoms with Gasteiger partial charge in [0.2, 0.25) is 0 Å². The van der Waals surface area contributed by atoms with Crippen LogP contribution >= 0.6 is 0 Å². The molecule has 0 aromatic heterocycles. The lowest BCUT2D eigenvalue weighted by molar-refractivity contribution is 0.0567. The summed E-state index contributed by atoms with van der Waals surface area (Å²) in [5.41, 5.74) is 0. The van der Waals surface area contributed by atoms with Gasteiger partial charge in [0.15, 0.2) is 0 Å². The van der Waals surface area contributed by atoms with E-state index in [0.29, 0.717) is 6.04 Å². The molecule has 2 saturated heterocycles. The SMILES string of the molecule is CC(C)NCC1CCCN(C2CCN(C)C(C)C2)C1. The van der Waals surface area contributed by atoms with Crippen LogP contribution in [0.5, 0.6) is 0 Å². The van der Waals surface area contributed by atoms with Crippen LogP contribution in [0, 0.1) is 5.92 Å². The standard InChI is InChI=1S/C16H33N3/c1-13(2)17-11-15-6-5-8-19(12-15)16-7-9-18(4)14(3)10-16/h13-17H,5-12H2,1-4H3. The summed E-state index contributed by atoms with van der Waals surface area (Å²) < 4.78 is 0. The van der Waals surface area contributed by atoms with Crippen molar-refractivity contribution in [1.82, 2.24) is 15.1 Å². The molecule has 2 aliphatic heterocycles. The minimum Gasteiger partial charge on any atom is -0.314 e. The van der Waals surface area contributed by atoms with E-state index < -0.39 is 0 Å². The van der Waals surface area contributed by atoms with Gasteiger partial charge >= 0.3 is 0 Å². The summed E-state index contributed by atoms with van der Waals surface area (Å²) in [5, 5.41) is 3.62. The largest absolute Gasteiger partial charge is 0.314 e. The van der Waals surface area contributed by atoms with Crippen LogP contribution in [0.15, 0.2) is 0 Å². The van der Waals surface area contributed by atoms with E-state index in [4.69, 9.17) is 0 Å². The first kappa shape index (κ1) is 15.3. The molecule has 0 aromatic rings. The summed E-state index contributed by atoms with van der Waals surface area (Å²) in [6.45, 7) is 12.0. The van der Waals surface area contributed by atoms with Crippen LogP contribution in [0.1, 0.15) is 46.5 Å². The van der Waals surface area contributed by atoms with Crippen LogP contribution in [-0.4, -0.2) is 61.2 Å². The molecule has 3 unspecified atom stereocenters. The number of likely N-dealkylation sites (tertiary alicyclic amines) is 2. The van der Waals surface area contributed by atoms with Crippen LogP contribution < -0.4 is 5.32 Å². The first-order valence-corrected chi connectivity index (χ1v) is 8.24. The van der Waals surface area contributed by atoms with Gasteiger partial charge in [-0.1, -0.05) is 13.8 Å². The van der Waals surface area contributed by atoms with Gasteiger partial charge in [0.05, 0.1) is 0 Å². The molecule has 1 N–H and O–H groups in total. The van der Waals surface area contributed by atoms with E-state index in [9.17, 15) is 0 Å². The molecule has 2 fully saturated rings. The van der Waals surface area contributed by atoms with Gasteiger partial charge < -0.3 is 10.2 Å². The average Bonchev–Trinajstić information content (AvgIpc) is 2.40. The molecule has 112 valence electrons. The topological polar surface area (TPSA) is 18.5 Å². The Balaban J connectivity index is 1.80. The molecule has 19 heavy (non-hydrogen) atoms. The first-order chi connectivity index (χ1) is 9.06. The predicted octanol–water partition coefficient (Wildman–Crippen LogP) is 2.18. The van der Waals surface area contributed by atoms with E-state index in [0.717, 1.165) is 18.0 Å². The molecule has 2 rings (SSSR count). The minimum absolute atomic E-state index is 0.624. The third kappa shape index (κ3) is 4.44. The van der Waals surface area contributed by atoms with Crippen molar-refractivity contribution in [1.29, 1.82) is 0 Å². The molecule has 2 heterocycles. The quantitative estimate of drug-likeness (QED) is 0.842. The highest BCUT2D eigenvalue weighted by Crippen LogP contribution is 2.25. The molecule has 2 aliphatic rings. The van der Waals surface area contributed by atoms with Gasteiger partial charge in [-0.25, -0.2) is 0 Å². The summed E-state index contributed by atoms with van der Waals surface area (Å²) in [4.78, 5) is 5.30. The smallest absolute Gasteiger partial charge is 0.0122 e. The van der Waals surface area contributed by atoms with Crippen molar-refractivity contribution in [2.45, 2.75) is 64.6 Å². The minimum atomic E-state index is 0.624. The maximum atomic E-state index is 3.62. The Bertz CT molecular complexity index is 267. The second-order valence-corrected chi connectivity index (χ2v) is 7.07. The molecule has 0 amide bonds. The maximum absolute atomic E-state index is 3.62.